The van der Waals surface area contributed by atoms with Gasteiger partial charge in [0.2, 0.25) is 27.7 Å². The Kier molecular flexibility index (Phi) is 9.53. The summed E-state index contributed by atoms with van der Waals surface area (Å²) in [5, 5.41) is 3.92. The molecule has 3 aliphatic carbocycles. The lowest BCUT2D eigenvalue weighted by atomic mass is 9.85. The van der Waals surface area contributed by atoms with E-state index in [2.05, 4.69) is 21.6 Å². The summed E-state index contributed by atoms with van der Waals surface area (Å²) in [6.45, 7) is 4.04. The monoisotopic (exact) mass is 752 g/mol. The van der Waals surface area contributed by atoms with E-state index in [0.29, 0.717) is 44.4 Å². The van der Waals surface area contributed by atoms with E-state index in [1.807, 2.05) is 60.7 Å². The predicted molar refractivity (Wildman–Crippen MR) is 200 cm³/mol. The van der Waals surface area contributed by atoms with E-state index in [-0.39, 0.29) is 44.2 Å². The Morgan fingerprint density at radius 1 is 1.04 bits per heavy atom. The molecule has 2 aromatic carbocycles. The smallest absolute Gasteiger partial charge is 0.306 e. The van der Waals surface area contributed by atoms with Crippen LogP contribution >= 0.6 is 0 Å². The van der Waals surface area contributed by atoms with Crippen molar-refractivity contribution in [1.29, 1.82) is 0 Å². The zero-order valence-corrected chi connectivity index (χ0v) is 30.8. The number of nitrogens with zero attached hydrogens (tertiary/aromatic N) is 2. The van der Waals surface area contributed by atoms with Crippen LogP contribution in [0.15, 0.2) is 73.5 Å². The van der Waals surface area contributed by atoms with Crippen LogP contribution in [0.4, 0.5) is 0 Å². The molecule has 1 aromatic heterocycles. The number of sulfonamides is 1. The lowest BCUT2D eigenvalue weighted by Gasteiger charge is -2.31. The Morgan fingerprint density at radius 2 is 1.81 bits per heavy atom. The minimum Gasteiger partial charge on any atom is -0.472 e. The van der Waals surface area contributed by atoms with E-state index in [0.717, 1.165) is 27.5 Å². The number of rotatable bonds is 7. The molecule has 4 bridgehead atoms. The Balaban J connectivity index is 1.13. The van der Waals surface area contributed by atoms with Crippen LogP contribution in [0.2, 0.25) is 0 Å². The number of amides is 3. The number of ether oxygens (including phenoxy) is 2. The van der Waals surface area contributed by atoms with Crippen molar-refractivity contribution in [3.63, 3.8) is 0 Å². The SMILES string of the molecule is C=C[C@H]1C[C@]1(NC(=O)[C@@H]1C[C@@H]2CN1C(=O)[C@@H](C1Cc3ccccc3C1)CC(=O)OCCC/C=C/c1ccc3ccnc(c3c1)O2)C(=O)NS(=O)(=O)C1CC1. The van der Waals surface area contributed by atoms with E-state index in [1.54, 1.807) is 6.20 Å². The van der Waals surface area contributed by atoms with E-state index < -0.39 is 62.6 Å². The number of nitrogens with one attached hydrogen (secondary N) is 2. The highest BCUT2D eigenvalue weighted by molar-refractivity contribution is 7.91. The first-order valence-electron chi connectivity index (χ1n) is 18.8. The standard InChI is InChI=1S/C41H44N4O8S/c1-2-30-23-41(30,40(49)44-54(50,51)32-13-14-32)43-37(47)35-21-31-24-45(35)39(48)34(29-19-27-9-5-6-10-28(27)20-29)22-36(46)52-17-7-3-4-8-25-11-12-26-15-16-42-38(53-31)33(26)18-25/h2,4-6,8-12,15-16,18,29-32,34-35H,1,3,7,13-14,17,19-24H2,(H,43,47)(H,44,49)/b8-4+/t30-,31+,34+,35-,41+/m0/s1. The Morgan fingerprint density at radius 3 is 2.54 bits per heavy atom. The molecule has 1 saturated heterocycles. The molecule has 5 atom stereocenters. The zero-order valence-electron chi connectivity index (χ0n) is 29.9. The molecule has 3 heterocycles. The quantitative estimate of drug-likeness (QED) is 0.268. The summed E-state index contributed by atoms with van der Waals surface area (Å²) in [5.74, 6) is -3.43. The van der Waals surface area contributed by atoms with Gasteiger partial charge in [0, 0.05) is 23.9 Å². The van der Waals surface area contributed by atoms with Gasteiger partial charge in [-0.15, -0.1) is 6.58 Å². The highest BCUT2D eigenvalue weighted by atomic mass is 32.2. The van der Waals surface area contributed by atoms with Crippen LogP contribution in [0.3, 0.4) is 0 Å². The summed E-state index contributed by atoms with van der Waals surface area (Å²) in [7, 11) is -3.89. The summed E-state index contributed by atoms with van der Waals surface area (Å²) in [6, 6.07) is 14.7. The second-order valence-electron chi connectivity index (χ2n) is 15.3. The van der Waals surface area contributed by atoms with Gasteiger partial charge in [-0.3, -0.25) is 23.9 Å². The summed E-state index contributed by atoms with van der Waals surface area (Å²) in [5.41, 5.74) is 1.64. The summed E-state index contributed by atoms with van der Waals surface area (Å²) in [4.78, 5) is 62.3. The molecule has 3 amide bonds. The van der Waals surface area contributed by atoms with Crippen LogP contribution in [0.1, 0.15) is 61.6 Å². The van der Waals surface area contributed by atoms with Crippen molar-refractivity contribution >= 4 is 50.6 Å². The molecule has 0 radical (unpaired) electrons. The number of carbonyl (C=O) groups excluding carboxylic acids is 4. The summed E-state index contributed by atoms with van der Waals surface area (Å²) in [6.07, 6.45) is 10.1. The lowest BCUT2D eigenvalue weighted by molar-refractivity contribution is -0.152. The number of benzene rings is 2. The van der Waals surface area contributed by atoms with Gasteiger partial charge in [-0.25, -0.2) is 13.4 Å². The van der Waals surface area contributed by atoms with Crippen molar-refractivity contribution in [3.8, 4) is 5.88 Å². The zero-order chi connectivity index (χ0) is 37.6. The normalized spacial score (nSPS) is 28.0. The topological polar surface area (TPSA) is 161 Å². The van der Waals surface area contributed by atoms with Gasteiger partial charge in [-0.2, -0.15) is 0 Å². The number of pyridine rings is 1. The van der Waals surface area contributed by atoms with Crippen LogP contribution in [-0.2, 0) is 46.8 Å². The third-order valence-electron chi connectivity index (χ3n) is 11.6. The van der Waals surface area contributed by atoms with Gasteiger partial charge in [0.05, 0.1) is 30.7 Å². The van der Waals surface area contributed by atoms with Gasteiger partial charge >= 0.3 is 5.97 Å². The van der Waals surface area contributed by atoms with Crippen molar-refractivity contribution in [2.24, 2.45) is 17.8 Å². The Labute approximate surface area is 314 Å². The molecule has 0 spiro atoms. The molecule has 282 valence electrons. The molecule has 0 unspecified atom stereocenters. The maximum atomic E-state index is 14.9. The fourth-order valence-electron chi connectivity index (χ4n) is 8.30. The number of cyclic esters (lactones) is 1. The van der Waals surface area contributed by atoms with Gasteiger partial charge in [0.15, 0.2) is 0 Å². The van der Waals surface area contributed by atoms with Gasteiger partial charge < -0.3 is 19.7 Å². The van der Waals surface area contributed by atoms with Crippen molar-refractivity contribution in [2.75, 3.05) is 13.2 Å². The molecule has 12 nitrogen and oxygen atoms in total. The number of esters is 1. The Bertz CT molecular complexity index is 2140. The molecule has 13 heteroatoms. The van der Waals surface area contributed by atoms with Crippen LogP contribution < -0.4 is 14.8 Å². The fourth-order valence-corrected chi connectivity index (χ4v) is 9.66. The Hall–Kier alpha value is -5.04. The number of allylic oxidation sites excluding steroid dienone is 1. The van der Waals surface area contributed by atoms with E-state index >= 15 is 0 Å². The number of fused-ring (bicyclic) bond motifs is 4. The third kappa shape index (κ3) is 7.13. The molecule has 3 aromatic rings. The minimum atomic E-state index is -3.89. The summed E-state index contributed by atoms with van der Waals surface area (Å²) < 4.78 is 39.9. The van der Waals surface area contributed by atoms with Crippen molar-refractivity contribution in [1.82, 2.24) is 19.9 Å². The highest BCUT2D eigenvalue weighted by Crippen LogP contribution is 2.46. The molecule has 2 aliphatic heterocycles. The van der Waals surface area contributed by atoms with Gasteiger partial charge in [-0.1, -0.05) is 54.6 Å². The van der Waals surface area contributed by atoms with Crippen LogP contribution in [0, 0.1) is 17.8 Å². The molecular formula is C41H44N4O8S. The first-order valence-corrected chi connectivity index (χ1v) is 20.3. The molecule has 2 N–H and O–H groups in total. The largest absolute Gasteiger partial charge is 0.472 e. The third-order valence-corrected chi connectivity index (χ3v) is 13.4. The molecular weight excluding hydrogens is 709 g/mol. The van der Waals surface area contributed by atoms with Crippen molar-refractivity contribution in [2.45, 2.75) is 80.7 Å². The molecule has 8 rings (SSSR count). The fraction of sp³-hybridized carbons (Fsp3) is 0.439. The van der Waals surface area contributed by atoms with Crippen LogP contribution in [0.5, 0.6) is 5.88 Å². The molecule has 2 saturated carbocycles. The maximum Gasteiger partial charge on any atom is 0.306 e. The first-order chi connectivity index (χ1) is 26.0. The van der Waals surface area contributed by atoms with Crippen molar-refractivity contribution in [3.05, 3.63) is 90.1 Å². The van der Waals surface area contributed by atoms with Crippen LogP contribution in [-0.4, -0.2) is 78.1 Å². The number of aromatic nitrogens is 1. The second-order valence-corrected chi connectivity index (χ2v) is 17.2. The number of hydrogen-bond acceptors (Lipinski definition) is 9. The number of carbonyl (C=O) groups is 4. The van der Waals surface area contributed by atoms with E-state index in [1.165, 1.54) is 11.0 Å². The first kappa shape index (κ1) is 36.0. The summed E-state index contributed by atoms with van der Waals surface area (Å²) >= 11 is 0. The van der Waals surface area contributed by atoms with Crippen LogP contribution in [0.25, 0.3) is 16.8 Å². The lowest BCUT2D eigenvalue weighted by Crippen LogP contribution is -2.57. The van der Waals surface area contributed by atoms with Gasteiger partial charge in [0.25, 0.3) is 5.91 Å². The average molecular weight is 753 g/mol. The second kappa shape index (κ2) is 14.3. The van der Waals surface area contributed by atoms with E-state index in [9.17, 15) is 27.6 Å². The predicted octanol–water partition coefficient (Wildman–Crippen LogP) is 4.02. The number of hydrogen-bond donors (Lipinski definition) is 2. The van der Waals surface area contributed by atoms with Crippen molar-refractivity contribution < 1.29 is 37.1 Å². The maximum absolute atomic E-state index is 14.9. The van der Waals surface area contributed by atoms with Gasteiger partial charge in [0.1, 0.15) is 17.7 Å². The molecule has 54 heavy (non-hydrogen) atoms. The van der Waals surface area contributed by atoms with Gasteiger partial charge in [-0.05, 0) is 85.1 Å². The average Bonchev–Trinajstić information content (AvgIpc) is 4.05. The molecule has 5 aliphatic rings. The van der Waals surface area contributed by atoms with E-state index in [4.69, 9.17) is 9.47 Å². The minimum absolute atomic E-state index is 0.0277. The molecule has 3 fully saturated rings. The highest BCUT2D eigenvalue weighted by Gasteiger charge is 2.62.